The van der Waals surface area contributed by atoms with Gasteiger partial charge < -0.3 is 15.2 Å². The third-order valence-electron chi connectivity index (χ3n) is 2.46. The second kappa shape index (κ2) is 6.31. The molecule has 2 aromatic rings. The van der Waals surface area contributed by atoms with Gasteiger partial charge in [-0.25, -0.2) is 4.98 Å². The van der Waals surface area contributed by atoms with Crippen LogP contribution in [-0.4, -0.2) is 36.3 Å². The summed E-state index contributed by atoms with van der Waals surface area (Å²) in [6.07, 6.45) is 1.71. The van der Waals surface area contributed by atoms with Gasteiger partial charge in [0.1, 0.15) is 0 Å². The van der Waals surface area contributed by atoms with Crippen molar-refractivity contribution in [2.24, 2.45) is 0 Å². The number of carbonyl (C=O) groups is 1. The molecule has 19 heavy (non-hydrogen) atoms. The molecule has 1 amide bonds. The van der Waals surface area contributed by atoms with Gasteiger partial charge in [-0.2, -0.15) is 0 Å². The van der Waals surface area contributed by atoms with Crippen LogP contribution in [0.25, 0.3) is 10.4 Å². The van der Waals surface area contributed by atoms with Gasteiger partial charge in [-0.05, 0) is 18.2 Å². The molecular weight excluding hydrogens is 264 g/mol. The average Bonchev–Trinajstić information content (AvgIpc) is 2.94. The van der Waals surface area contributed by atoms with E-state index in [1.54, 1.807) is 25.4 Å². The molecule has 0 saturated heterocycles. The number of hydrogen-bond donors (Lipinski definition) is 2. The number of methoxy groups -OCH3 is 1. The van der Waals surface area contributed by atoms with Gasteiger partial charge in [0.05, 0.1) is 18.6 Å². The Morgan fingerprint density at radius 3 is 2.89 bits per heavy atom. The standard InChI is InChI=1S/C13H14N2O3S/c1-18-12-5-2-9(8-15-12)10-3-4-11(19-10)13(17)14-6-7-16/h2-5,8,16H,6-7H2,1H3,(H,14,17). The summed E-state index contributed by atoms with van der Waals surface area (Å²) in [5.41, 5.74) is 0.937. The van der Waals surface area contributed by atoms with E-state index in [1.807, 2.05) is 12.1 Å². The van der Waals surface area contributed by atoms with Crippen LogP contribution in [0.2, 0.25) is 0 Å². The lowest BCUT2D eigenvalue weighted by molar-refractivity contribution is 0.0949. The van der Waals surface area contributed by atoms with Crippen LogP contribution in [0.15, 0.2) is 30.5 Å². The van der Waals surface area contributed by atoms with E-state index in [4.69, 9.17) is 9.84 Å². The first-order chi connectivity index (χ1) is 9.24. The van der Waals surface area contributed by atoms with Crippen LogP contribution in [-0.2, 0) is 0 Å². The molecule has 0 atom stereocenters. The van der Waals surface area contributed by atoms with Crippen LogP contribution in [0.5, 0.6) is 5.88 Å². The summed E-state index contributed by atoms with van der Waals surface area (Å²) in [7, 11) is 1.57. The van der Waals surface area contributed by atoms with Crippen molar-refractivity contribution in [1.82, 2.24) is 10.3 Å². The molecule has 0 bridgehead atoms. The van der Waals surface area contributed by atoms with Crippen molar-refractivity contribution in [2.75, 3.05) is 20.3 Å². The molecule has 0 fully saturated rings. The number of amides is 1. The van der Waals surface area contributed by atoms with Gasteiger partial charge in [0, 0.05) is 29.2 Å². The number of carbonyl (C=O) groups excluding carboxylic acids is 1. The second-order valence-electron chi connectivity index (χ2n) is 3.73. The molecule has 0 unspecified atom stereocenters. The summed E-state index contributed by atoms with van der Waals surface area (Å²) in [6, 6.07) is 7.31. The normalized spacial score (nSPS) is 10.2. The van der Waals surface area contributed by atoms with E-state index in [0.717, 1.165) is 10.4 Å². The molecule has 100 valence electrons. The van der Waals surface area contributed by atoms with Crippen LogP contribution in [0.3, 0.4) is 0 Å². The molecule has 2 N–H and O–H groups in total. The fourth-order valence-electron chi connectivity index (χ4n) is 1.52. The van der Waals surface area contributed by atoms with Crippen molar-refractivity contribution in [1.29, 1.82) is 0 Å². The molecule has 0 spiro atoms. The zero-order valence-electron chi connectivity index (χ0n) is 10.4. The molecule has 2 heterocycles. The van der Waals surface area contributed by atoms with Gasteiger partial charge in [0.15, 0.2) is 0 Å². The molecule has 2 rings (SSSR count). The number of rotatable bonds is 5. The lowest BCUT2D eigenvalue weighted by Gasteiger charge is -2.00. The fourth-order valence-corrected chi connectivity index (χ4v) is 2.43. The number of aromatic nitrogens is 1. The molecule has 0 aliphatic heterocycles. The quantitative estimate of drug-likeness (QED) is 0.870. The maximum atomic E-state index is 11.7. The van der Waals surface area contributed by atoms with E-state index in [-0.39, 0.29) is 19.1 Å². The SMILES string of the molecule is COc1ccc(-c2ccc(C(=O)NCCO)s2)cn1. The summed E-state index contributed by atoms with van der Waals surface area (Å²) < 4.78 is 5.00. The zero-order chi connectivity index (χ0) is 13.7. The number of nitrogens with zero attached hydrogens (tertiary/aromatic N) is 1. The highest BCUT2D eigenvalue weighted by Gasteiger charge is 2.09. The Hall–Kier alpha value is -1.92. The topological polar surface area (TPSA) is 71.5 Å². The van der Waals surface area contributed by atoms with Crippen molar-refractivity contribution in [3.05, 3.63) is 35.3 Å². The van der Waals surface area contributed by atoms with Gasteiger partial charge in [-0.3, -0.25) is 4.79 Å². The Kier molecular flexibility index (Phi) is 4.48. The molecule has 0 aliphatic rings. The van der Waals surface area contributed by atoms with Gasteiger partial charge in [0.25, 0.3) is 5.91 Å². The Balaban J connectivity index is 2.13. The number of aliphatic hydroxyl groups is 1. The van der Waals surface area contributed by atoms with E-state index in [1.165, 1.54) is 11.3 Å². The Labute approximate surface area is 114 Å². The minimum atomic E-state index is -0.174. The fraction of sp³-hybridized carbons (Fsp3) is 0.231. The van der Waals surface area contributed by atoms with Gasteiger partial charge in [-0.1, -0.05) is 0 Å². The maximum absolute atomic E-state index is 11.7. The number of ether oxygens (including phenoxy) is 1. The van der Waals surface area contributed by atoms with Crippen LogP contribution in [0.4, 0.5) is 0 Å². The number of hydrogen-bond acceptors (Lipinski definition) is 5. The van der Waals surface area contributed by atoms with E-state index >= 15 is 0 Å². The van der Waals surface area contributed by atoms with E-state index in [0.29, 0.717) is 10.8 Å². The van der Waals surface area contributed by atoms with Crippen molar-refractivity contribution in [3.63, 3.8) is 0 Å². The molecule has 0 saturated carbocycles. The van der Waals surface area contributed by atoms with Crippen LogP contribution in [0, 0.1) is 0 Å². The highest BCUT2D eigenvalue weighted by Crippen LogP contribution is 2.28. The average molecular weight is 278 g/mol. The smallest absolute Gasteiger partial charge is 0.261 e. The Morgan fingerprint density at radius 1 is 1.42 bits per heavy atom. The lowest BCUT2D eigenvalue weighted by Crippen LogP contribution is -2.25. The minimum Gasteiger partial charge on any atom is -0.481 e. The van der Waals surface area contributed by atoms with E-state index in [2.05, 4.69) is 10.3 Å². The van der Waals surface area contributed by atoms with Crippen molar-refractivity contribution in [2.45, 2.75) is 0 Å². The molecule has 5 nitrogen and oxygen atoms in total. The third kappa shape index (κ3) is 3.30. The number of aliphatic hydroxyl groups excluding tert-OH is 1. The predicted octanol–water partition coefficient (Wildman–Crippen LogP) is 1.54. The Bertz CT molecular complexity index is 551. The maximum Gasteiger partial charge on any atom is 0.261 e. The van der Waals surface area contributed by atoms with Crippen molar-refractivity contribution >= 4 is 17.2 Å². The highest BCUT2D eigenvalue weighted by atomic mass is 32.1. The largest absolute Gasteiger partial charge is 0.481 e. The minimum absolute atomic E-state index is 0.0631. The number of nitrogens with one attached hydrogen (secondary N) is 1. The summed E-state index contributed by atoms with van der Waals surface area (Å²) in [5.74, 6) is 0.382. The monoisotopic (exact) mass is 278 g/mol. The lowest BCUT2D eigenvalue weighted by atomic mass is 10.2. The van der Waals surface area contributed by atoms with Gasteiger partial charge >= 0.3 is 0 Å². The second-order valence-corrected chi connectivity index (χ2v) is 4.82. The highest BCUT2D eigenvalue weighted by molar-refractivity contribution is 7.17. The molecule has 0 aromatic carbocycles. The van der Waals surface area contributed by atoms with E-state index in [9.17, 15) is 4.79 Å². The van der Waals surface area contributed by atoms with Gasteiger partial charge in [0.2, 0.25) is 5.88 Å². The number of thiophene rings is 1. The van der Waals surface area contributed by atoms with Crippen LogP contribution in [0.1, 0.15) is 9.67 Å². The molecule has 0 radical (unpaired) electrons. The van der Waals surface area contributed by atoms with E-state index < -0.39 is 0 Å². The molecule has 6 heteroatoms. The summed E-state index contributed by atoms with van der Waals surface area (Å²) in [5, 5.41) is 11.3. The first-order valence-electron chi connectivity index (χ1n) is 5.74. The first-order valence-corrected chi connectivity index (χ1v) is 6.55. The Morgan fingerprint density at radius 2 is 2.26 bits per heavy atom. The first kappa shape index (κ1) is 13.5. The zero-order valence-corrected chi connectivity index (χ0v) is 11.2. The third-order valence-corrected chi connectivity index (χ3v) is 3.59. The van der Waals surface area contributed by atoms with Crippen LogP contribution < -0.4 is 10.1 Å². The number of pyridine rings is 1. The van der Waals surface area contributed by atoms with Crippen molar-refractivity contribution < 1.29 is 14.6 Å². The summed E-state index contributed by atoms with van der Waals surface area (Å²) in [4.78, 5) is 17.4. The molecule has 2 aromatic heterocycles. The molecular formula is C13H14N2O3S. The summed E-state index contributed by atoms with van der Waals surface area (Å²) >= 11 is 1.38. The van der Waals surface area contributed by atoms with Crippen LogP contribution >= 0.6 is 11.3 Å². The van der Waals surface area contributed by atoms with Crippen molar-refractivity contribution in [3.8, 4) is 16.3 Å². The molecule has 0 aliphatic carbocycles. The van der Waals surface area contributed by atoms with Gasteiger partial charge in [-0.15, -0.1) is 11.3 Å². The predicted molar refractivity (Wildman–Crippen MR) is 73.5 cm³/mol. The summed E-state index contributed by atoms with van der Waals surface area (Å²) in [6.45, 7) is 0.197.